The molecule has 0 atom stereocenters. The Kier molecular flexibility index (Phi) is 3.24. The van der Waals surface area contributed by atoms with E-state index in [9.17, 15) is 0 Å². The molecule has 0 N–H and O–H groups in total. The van der Waals surface area contributed by atoms with Crippen molar-refractivity contribution in [2.24, 2.45) is 0 Å². The fraction of sp³-hybridized carbons (Fsp3) is 0.0769. The fourth-order valence-electron chi connectivity index (χ4n) is 1.71. The summed E-state index contributed by atoms with van der Waals surface area (Å²) in [6, 6.07) is 16.2. The minimum absolute atomic E-state index is 0.136. The van der Waals surface area contributed by atoms with Crippen LogP contribution in [0.15, 0.2) is 60.7 Å². The second-order valence-corrected chi connectivity index (χ2v) is 9.77. The third-order valence-corrected chi connectivity index (χ3v) is 8.84. The van der Waals surface area contributed by atoms with Crippen molar-refractivity contribution in [2.75, 3.05) is 6.26 Å². The van der Waals surface area contributed by atoms with Gasteiger partial charge in [0.15, 0.2) is 0 Å². The van der Waals surface area contributed by atoms with Crippen LogP contribution in [-0.4, -0.2) is 6.26 Å². The van der Waals surface area contributed by atoms with Crippen molar-refractivity contribution in [1.29, 1.82) is 0 Å². The standard InChI is InChI=1S/C13H13F2PS/c1-17-16(14,15,12-8-4-2-5-9-12)13-10-6-3-7-11-13/h2-11H,1H3. The Hall–Kier alpha value is -0.920. The van der Waals surface area contributed by atoms with Crippen LogP contribution in [0.4, 0.5) is 8.39 Å². The third kappa shape index (κ3) is 2.10. The predicted molar refractivity (Wildman–Crippen MR) is 74.8 cm³/mol. The van der Waals surface area contributed by atoms with Crippen LogP contribution in [0, 0.1) is 0 Å². The molecule has 0 amide bonds. The van der Waals surface area contributed by atoms with Crippen molar-refractivity contribution in [3.05, 3.63) is 60.7 Å². The van der Waals surface area contributed by atoms with Crippen LogP contribution in [0.2, 0.25) is 0 Å². The zero-order valence-corrected chi connectivity index (χ0v) is 11.1. The Labute approximate surface area is 104 Å². The minimum atomic E-state index is -5.04. The van der Waals surface area contributed by atoms with Crippen LogP contribution in [0.1, 0.15) is 0 Å². The number of rotatable bonds is 3. The number of hydrogen-bond donors (Lipinski definition) is 0. The van der Waals surface area contributed by atoms with Crippen LogP contribution in [-0.2, 0) is 0 Å². The Balaban J connectivity index is 2.65. The second kappa shape index (κ2) is 4.40. The molecule has 0 saturated heterocycles. The van der Waals surface area contributed by atoms with E-state index in [4.69, 9.17) is 0 Å². The molecule has 0 unspecified atom stereocenters. The average Bonchev–Trinajstić information content (AvgIpc) is 2.41. The first-order chi connectivity index (χ1) is 8.07. The first-order valence-electron chi connectivity index (χ1n) is 5.20. The Morgan fingerprint density at radius 1 is 0.765 bits per heavy atom. The zero-order chi connectivity index (χ0) is 12.4. The molecule has 0 aliphatic rings. The van der Waals surface area contributed by atoms with Gasteiger partial charge in [-0.15, -0.1) is 0 Å². The van der Waals surface area contributed by atoms with E-state index in [1.165, 1.54) is 30.5 Å². The first-order valence-corrected chi connectivity index (χ1v) is 9.05. The van der Waals surface area contributed by atoms with Gasteiger partial charge in [-0.3, -0.25) is 0 Å². The Bertz CT molecular complexity index is 456. The van der Waals surface area contributed by atoms with Crippen LogP contribution in [0.5, 0.6) is 0 Å². The summed E-state index contributed by atoms with van der Waals surface area (Å²) in [4.78, 5) is 0. The van der Waals surface area contributed by atoms with Crippen molar-refractivity contribution < 1.29 is 8.39 Å². The van der Waals surface area contributed by atoms with Crippen molar-refractivity contribution in [3.63, 3.8) is 0 Å². The summed E-state index contributed by atoms with van der Waals surface area (Å²) in [7, 11) is 0. The zero-order valence-electron chi connectivity index (χ0n) is 9.38. The second-order valence-electron chi connectivity index (χ2n) is 3.69. The van der Waals surface area contributed by atoms with Crippen molar-refractivity contribution in [2.45, 2.75) is 0 Å². The van der Waals surface area contributed by atoms with Gasteiger partial charge in [0.1, 0.15) is 0 Å². The van der Waals surface area contributed by atoms with Gasteiger partial charge in [-0.1, -0.05) is 0 Å². The molecule has 0 aliphatic heterocycles. The molecule has 0 aliphatic carbocycles. The van der Waals surface area contributed by atoms with Gasteiger partial charge in [0, 0.05) is 0 Å². The molecule has 2 rings (SSSR count). The van der Waals surface area contributed by atoms with Gasteiger partial charge in [0.2, 0.25) is 0 Å². The average molecular weight is 270 g/mol. The quantitative estimate of drug-likeness (QED) is 0.752. The Morgan fingerprint density at radius 2 is 1.12 bits per heavy atom. The van der Waals surface area contributed by atoms with Gasteiger partial charge < -0.3 is 0 Å². The molecule has 0 bridgehead atoms. The van der Waals surface area contributed by atoms with E-state index in [0.717, 1.165) is 0 Å². The SMILES string of the molecule is CSP(F)(F)(c1ccccc1)c1ccccc1. The summed E-state index contributed by atoms with van der Waals surface area (Å²) in [6.45, 7) is 0. The van der Waals surface area contributed by atoms with Gasteiger partial charge in [-0.2, -0.15) is 0 Å². The molecule has 0 spiro atoms. The molecule has 2 aromatic carbocycles. The van der Waals surface area contributed by atoms with E-state index in [-0.39, 0.29) is 10.6 Å². The van der Waals surface area contributed by atoms with Crippen LogP contribution in [0.25, 0.3) is 0 Å². The maximum atomic E-state index is 15.1. The molecule has 2 aromatic rings. The van der Waals surface area contributed by atoms with E-state index < -0.39 is 6.43 Å². The van der Waals surface area contributed by atoms with Crippen molar-refractivity contribution in [1.82, 2.24) is 0 Å². The molecular formula is C13H13F2PS. The van der Waals surface area contributed by atoms with Crippen LogP contribution < -0.4 is 10.6 Å². The number of halogens is 2. The molecule has 90 valence electrons. The molecular weight excluding hydrogens is 257 g/mol. The third-order valence-electron chi connectivity index (χ3n) is 2.69. The Morgan fingerprint density at radius 3 is 1.41 bits per heavy atom. The van der Waals surface area contributed by atoms with E-state index in [2.05, 4.69) is 0 Å². The summed E-state index contributed by atoms with van der Waals surface area (Å²) >= 11 is 0.678. The fourth-order valence-corrected chi connectivity index (χ4v) is 5.76. The van der Waals surface area contributed by atoms with Crippen molar-refractivity contribution >= 4 is 28.4 Å². The van der Waals surface area contributed by atoms with Crippen LogP contribution in [0.3, 0.4) is 0 Å². The first kappa shape index (κ1) is 12.5. The normalized spacial score (nSPS) is 13.9. The molecule has 4 heteroatoms. The van der Waals surface area contributed by atoms with Gasteiger partial charge in [-0.25, -0.2) is 0 Å². The van der Waals surface area contributed by atoms with Crippen molar-refractivity contribution in [3.8, 4) is 0 Å². The molecule has 0 heterocycles. The summed E-state index contributed by atoms with van der Waals surface area (Å²) in [6.07, 6.45) is -3.56. The van der Waals surface area contributed by atoms with Gasteiger partial charge >= 0.3 is 104 Å². The molecule has 0 nitrogen and oxygen atoms in total. The molecule has 0 aromatic heterocycles. The summed E-state index contributed by atoms with van der Waals surface area (Å²) in [5, 5.41) is 0.273. The van der Waals surface area contributed by atoms with E-state index in [0.29, 0.717) is 11.4 Å². The monoisotopic (exact) mass is 270 g/mol. The predicted octanol–water partition coefficient (Wildman–Crippen LogP) is 4.24. The van der Waals surface area contributed by atoms with Gasteiger partial charge in [0.05, 0.1) is 0 Å². The van der Waals surface area contributed by atoms with Gasteiger partial charge in [-0.05, 0) is 0 Å². The number of hydrogen-bond acceptors (Lipinski definition) is 1. The summed E-state index contributed by atoms with van der Waals surface area (Å²) in [5.41, 5.74) is 0. The molecule has 0 saturated carbocycles. The summed E-state index contributed by atoms with van der Waals surface area (Å²) < 4.78 is 30.2. The van der Waals surface area contributed by atoms with Gasteiger partial charge in [0.25, 0.3) is 0 Å². The molecule has 17 heavy (non-hydrogen) atoms. The van der Waals surface area contributed by atoms with E-state index in [1.807, 2.05) is 0 Å². The molecule has 0 radical (unpaired) electrons. The topological polar surface area (TPSA) is 0 Å². The summed E-state index contributed by atoms with van der Waals surface area (Å²) in [5.74, 6) is 0. The van der Waals surface area contributed by atoms with E-state index in [1.54, 1.807) is 36.4 Å². The van der Waals surface area contributed by atoms with Crippen LogP contribution >= 0.6 is 17.8 Å². The molecule has 0 fully saturated rings. The van der Waals surface area contributed by atoms with E-state index >= 15 is 8.39 Å². The maximum absolute atomic E-state index is 15.1. The number of benzene rings is 2.